The minimum absolute atomic E-state index is 0.0331. The van der Waals surface area contributed by atoms with Crippen LogP contribution in [0.25, 0.3) is 11.1 Å². The molecule has 5 heteroatoms. The van der Waals surface area contributed by atoms with Crippen LogP contribution in [0.3, 0.4) is 0 Å². The molecule has 1 saturated heterocycles. The van der Waals surface area contributed by atoms with E-state index in [-0.39, 0.29) is 18.1 Å². The Balaban J connectivity index is 1.54. The highest BCUT2D eigenvalue weighted by molar-refractivity contribution is 5.74. The van der Waals surface area contributed by atoms with E-state index in [0.717, 1.165) is 42.6 Å². The van der Waals surface area contributed by atoms with Crippen molar-refractivity contribution in [3.05, 3.63) is 54.4 Å². The van der Waals surface area contributed by atoms with Crippen LogP contribution in [0.1, 0.15) is 31.4 Å². The molecule has 1 aliphatic heterocycles. The summed E-state index contributed by atoms with van der Waals surface area (Å²) in [6.45, 7) is 4.08. The fourth-order valence-corrected chi connectivity index (χ4v) is 3.16. The number of carbonyl (C=O) groups excluding carboxylic acids is 1. The molecule has 1 fully saturated rings. The minimum Gasteiger partial charge on any atom is -0.335 e. The quantitative estimate of drug-likeness (QED) is 0.900. The summed E-state index contributed by atoms with van der Waals surface area (Å²) in [7, 11) is 2.12. The second-order valence-corrected chi connectivity index (χ2v) is 6.78. The molecule has 0 saturated carbocycles. The lowest BCUT2D eigenvalue weighted by Gasteiger charge is -2.29. The van der Waals surface area contributed by atoms with Crippen LogP contribution in [0.15, 0.2) is 48.8 Å². The molecule has 1 unspecified atom stereocenters. The van der Waals surface area contributed by atoms with Gasteiger partial charge in [0.15, 0.2) is 0 Å². The summed E-state index contributed by atoms with van der Waals surface area (Å²) in [5.74, 6) is 0. The first-order chi connectivity index (χ1) is 12.1. The third-order valence-electron chi connectivity index (χ3n) is 4.81. The average Bonchev–Trinajstić information content (AvgIpc) is 2.64. The second-order valence-electron chi connectivity index (χ2n) is 6.78. The number of rotatable bonds is 4. The van der Waals surface area contributed by atoms with E-state index in [4.69, 9.17) is 0 Å². The average molecular weight is 338 g/mol. The molecule has 2 N–H and O–H groups in total. The summed E-state index contributed by atoms with van der Waals surface area (Å²) in [5.41, 5.74) is 3.31. The third kappa shape index (κ3) is 4.79. The molecule has 25 heavy (non-hydrogen) atoms. The lowest BCUT2D eigenvalue weighted by atomic mass is 10.0. The normalized spacial score (nSPS) is 17.0. The number of likely N-dealkylation sites (tertiary alicyclic amines) is 1. The Bertz CT molecular complexity index is 679. The topological polar surface area (TPSA) is 57.3 Å². The molecule has 2 amide bonds. The van der Waals surface area contributed by atoms with Crippen molar-refractivity contribution in [2.24, 2.45) is 0 Å². The smallest absolute Gasteiger partial charge is 0.315 e. The van der Waals surface area contributed by atoms with Crippen LogP contribution >= 0.6 is 0 Å². The summed E-state index contributed by atoms with van der Waals surface area (Å²) >= 11 is 0. The minimum atomic E-state index is -0.0848. The molecule has 132 valence electrons. The fraction of sp³-hybridized carbons (Fsp3) is 0.400. The number of urea groups is 1. The molecule has 0 bridgehead atoms. The van der Waals surface area contributed by atoms with Gasteiger partial charge in [0.25, 0.3) is 0 Å². The molecule has 1 aliphatic rings. The Morgan fingerprint density at radius 2 is 1.88 bits per heavy atom. The highest BCUT2D eigenvalue weighted by atomic mass is 16.2. The number of hydrogen-bond acceptors (Lipinski definition) is 3. The predicted molar refractivity (Wildman–Crippen MR) is 100 cm³/mol. The van der Waals surface area contributed by atoms with E-state index in [1.54, 1.807) is 6.20 Å². The van der Waals surface area contributed by atoms with Crippen molar-refractivity contribution in [2.45, 2.75) is 31.8 Å². The highest BCUT2D eigenvalue weighted by Gasteiger charge is 2.19. The number of nitrogens with one attached hydrogen (secondary N) is 2. The Morgan fingerprint density at radius 3 is 2.52 bits per heavy atom. The van der Waals surface area contributed by atoms with Crippen LogP contribution in [-0.2, 0) is 0 Å². The van der Waals surface area contributed by atoms with Crippen molar-refractivity contribution in [3.63, 3.8) is 0 Å². The second kappa shape index (κ2) is 8.12. The number of amides is 2. The number of piperidine rings is 1. The Morgan fingerprint density at radius 1 is 1.16 bits per heavy atom. The molecule has 1 atom stereocenters. The van der Waals surface area contributed by atoms with E-state index in [9.17, 15) is 4.79 Å². The van der Waals surface area contributed by atoms with Gasteiger partial charge in [-0.1, -0.05) is 30.3 Å². The maximum absolute atomic E-state index is 12.2. The maximum atomic E-state index is 12.2. The van der Waals surface area contributed by atoms with Gasteiger partial charge >= 0.3 is 6.03 Å². The van der Waals surface area contributed by atoms with Gasteiger partial charge in [0.1, 0.15) is 0 Å². The third-order valence-corrected chi connectivity index (χ3v) is 4.81. The van der Waals surface area contributed by atoms with Gasteiger partial charge in [-0.15, -0.1) is 0 Å². The Labute approximate surface area is 149 Å². The fourth-order valence-electron chi connectivity index (χ4n) is 3.16. The van der Waals surface area contributed by atoms with Crippen molar-refractivity contribution >= 4 is 6.03 Å². The molecule has 1 aromatic carbocycles. The van der Waals surface area contributed by atoms with Crippen molar-refractivity contribution in [1.82, 2.24) is 20.5 Å². The van der Waals surface area contributed by atoms with Gasteiger partial charge in [0.05, 0.1) is 6.04 Å². The van der Waals surface area contributed by atoms with Crippen LogP contribution < -0.4 is 10.6 Å². The largest absolute Gasteiger partial charge is 0.335 e. The number of aromatic nitrogens is 1. The van der Waals surface area contributed by atoms with Gasteiger partial charge in [-0.2, -0.15) is 0 Å². The molecular weight excluding hydrogens is 312 g/mol. The van der Waals surface area contributed by atoms with E-state index in [2.05, 4.69) is 51.8 Å². The lowest BCUT2D eigenvalue weighted by molar-refractivity contribution is 0.212. The standard InChI is InChI=1S/C20H26N4O/c1-15(22-20(25)23-19-9-12-24(2)13-10-19)16-5-7-17(8-6-16)18-4-3-11-21-14-18/h3-8,11,14-15,19H,9-10,12-13H2,1-2H3,(H2,22,23,25). The molecule has 0 radical (unpaired) electrons. The number of carbonyl (C=O) groups is 1. The first kappa shape index (κ1) is 17.4. The maximum Gasteiger partial charge on any atom is 0.315 e. The van der Waals surface area contributed by atoms with Gasteiger partial charge in [-0.3, -0.25) is 4.98 Å². The molecule has 3 rings (SSSR count). The summed E-state index contributed by atoms with van der Waals surface area (Å²) < 4.78 is 0. The lowest BCUT2D eigenvalue weighted by Crippen LogP contribution is -2.47. The molecule has 2 aromatic rings. The number of pyridine rings is 1. The van der Waals surface area contributed by atoms with Gasteiger partial charge in [0, 0.05) is 18.4 Å². The summed E-state index contributed by atoms with van der Waals surface area (Å²) in [6, 6.07) is 12.4. The molecular formula is C20H26N4O. The summed E-state index contributed by atoms with van der Waals surface area (Å²) in [5, 5.41) is 6.13. The van der Waals surface area contributed by atoms with Crippen molar-refractivity contribution in [2.75, 3.05) is 20.1 Å². The zero-order valence-corrected chi connectivity index (χ0v) is 14.9. The van der Waals surface area contributed by atoms with Crippen molar-refractivity contribution < 1.29 is 4.79 Å². The molecule has 5 nitrogen and oxygen atoms in total. The van der Waals surface area contributed by atoms with E-state index in [0.29, 0.717) is 0 Å². The number of nitrogens with zero attached hydrogens (tertiary/aromatic N) is 2. The zero-order valence-electron chi connectivity index (χ0n) is 14.9. The van der Waals surface area contributed by atoms with Gasteiger partial charge in [-0.05, 0) is 62.7 Å². The van der Waals surface area contributed by atoms with Crippen LogP contribution in [0.4, 0.5) is 4.79 Å². The molecule has 0 aliphatic carbocycles. The van der Waals surface area contributed by atoms with Crippen molar-refractivity contribution in [3.8, 4) is 11.1 Å². The van der Waals surface area contributed by atoms with E-state index < -0.39 is 0 Å². The predicted octanol–water partition coefficient (Wildman–Crippen LogP) is 3.20. The summed E-state index contributed by atoms with van der Waals surface area (Å²) in [6.07, 6.45) is 5.65. The molecule has 1 aromatic heterocycles. The van der Waals surface area contributed by atoms with Crippen LogP contribution in [0.5, 0.6) is 0 Å². The van der Waals surface area contributed by atoms with Crippen molar-refractivity contribution in [1.29, 1.82) is 0 Å². The molecule has 2 heterocycles. The Kier molecular flexibility index (Phi) is 5.66. The first-order valence-corrected chi connectivity index (χ1v) is 8.88. The SMILES string of the molecule is CC(NC(=O)NC1CCN(C)CC1)c1ccc(-c2cccnc2)cc1. The molecule has 0 spiro atoms. The van der Waals surface area contributed by atoms with Crippen LogP contribution in [-0.4, -0.2) is 42.1 Å². The monoisotopic (exact) mass is 338 g/mol. The van der Waals surface area contributed by atoms with Crippen LogP contribution in [0, 0.1) is 0 Å². The van der Waals surface area contributed by atoms with E-state index >= 15 is 0 Å². The Hall–Kier alpha value is -2.40. The van der Waals surface area contributed by atoms with Crippen LogP contribution in [0.2, 0.25) is 0 Å². The highest BCUT2D eigenvalue weighted by Crippen LogP contribution is 2.21. The van der Waals surface area contributed by atoms with Gasteiger partial charge in [0.2, 0.25) is 0 Å². The first-order valence-electron chi connectivity index (χ1n) is 8.88. The number of hydrogen-bond donors (Lipinski definition) is 2. The van der Waals surface area contributed by atoms with Gasteiger partial charge < -0.3 is 15.5 Å². The number of benzene rings is 1. The zero-order chi connectivity index (χ0) is 17.6. The van der Waals surface area contributed by atoms with Gasteiger partial charge in [-0.25, -0.2) is 4.79 Å². The van der Waals surface area contributed by atoms with E-state index in [1.807, 2.05) is 25.3 Å². The summed E-state index contributed by atoms with van der Waals surface area (Å²) in [4.78, 5) is 18.7. The van der Waals surface area contributed by atoms with E-state index in [1.165, 1.54) is 0 Å².